The van der Waals surface area contributed by atoms with Crippen molar-refractivity contribution in [1.29, 1.82) is 0 Å². The molecule has 3 rings (SSSR count). The summed E-state index contributed by atoms with van der Waals surface area (Å²) in [4.78, 5) is 0. The van der Waals surface area contributed by atoms with Crippen molar-refractivity contribution in [2.24, 2.45) is 0 Å². The van der Waals surface area contributed by atoms with Crippen LogP contribution in [0.25, 0.3) is 0 Å². The summed E-state index contributed by atoms with van der Waals surface area (Å²) in [6.07, 6.45) is -0.826. The molecule has 0 aliphatic carbocycles. The first kappa shape index (κ1) is 14.0. The molecule has 1 aliphatic rings. The van der Waals surface area contributed by atoms with Crippen molar-refractivity contribution in [3.8, 4) is 5.75 Å². The molecule has 5 heteroatoms. The van der Waals surface area contributed by atoms with Crippen molar-refractivity contribution < 1.29 is 14.2 Å². The fourth-order valence-electron chi connectivity index (χ4n) is 2.37. The molecule has 1 unspecified atom stereocenters. The van der Waals surface area contributed by atoms with Gasteiger partial charge in [-0.15, -0.1) is 0 Å². The van der Waals surface area contributed by atoms with Gasteiger partial charge >= 0.3 is 0 Å². The summed E-state index contributed by atoms with van der Waals surface area (Å²) in [7, 11) is 0. The maximum absolute atomic E-state index is 13.9. The second-order valence-corrected chi connectivity index (χ2v) is 6.54. The molecule has 0 radical (unpaired) electrons. The molecule has 2 atom stereocenters. The molecule has 104 valence electrons. The lowest BCUT2D eigenvalue weighted by atomic mass is 9.95. The first-order valence-electron chi connectivity index (χ1n) is 6.13. The van der Waals surface area contributed by atoms with E-state index in [0.29, 0.717) is 17.7 Å². The van der Waals surface area contributed by atoms with Gasteiger partial charge in [0.15, 0.2) is 0 Å². The monoisotopic (exact) mass is 400 g/mol. The van der Waals surface area contributed by atoms with Crippen molar-refractivity contribution in [3.63, 3.8) is 0 Å². The Kier molecular flexibility index (Phi) is 3.84. The van der Waals surface area contributed by atoms with E-state index in [4.69, 9.17) is 4.74 Å². The third-order valence-corrected chi connectivity index (χ3v) is 4.33. The van der Waals surface area contributed by atoms with Crippen LogP contribution in [0.2, 0.25) is 0 Å². The van der Waals surface area contributed by atoms with E-state index < -0.39 is 12.2 Å². The highest BCUT2D eigenvalue weighted by Crippen LogP contribution is 2.42. The normalized spacial score (nSPS) is 21.2. The van der Waals surface area contributed by atoms with Crippen LogP contribution in [0, 0.1) is 5.82 Å². The topological polar surface area (TPSA) is 29.5 Å². The molecule has 0 aromatic heterocycles. The molecule has 0 spiro atoms. The van der Waals surface area contributed by atoms with Crippen LogP contribution in [0.3, 0.4) is 0 Å². The maximum atomic E-state index is 13.9. The summed E-state index contributed by atoms with van der Waals surface area (Å²) >= 11 is 6.69. The minimum atomic E-state index is -0.667. The predicted molar refractivity (Wildman–Crippen MR) is 81.2 cm³/mol. The van der Waals surface area contributed by atoms with Gasteiger partial charge in [-0.3, -0.25) is 0 Å². The number of ether oxygens (including phenoxy) is 1. The van der Waals surface area contributed by atoms with Gasteiger partial charge in [-0.25, -0.2) is 4.39 Å². The van der Waals surface area contributed by atoms with Gasteiger partial charge in [0.25, 0.3) is 0 Å². The number of rotatable bonds is 1. The second-order valence-electron chi connectivity index (χ2n) is 4.71. The minimum Gasteiger partial charge on any atom is -0.485 e. The summed E-state index contributed by atoms with van der Waals surface area (Å²) in [5.41, 5.74) is 1.18. The molecule has 1 aliphatic heterocycles. The first-order valence-corrected chi connectivity index (χ1v) is 7.72. The molecule has 1 N–H and O–H groups in total. The number of aliphatic hydroxyl groups excluding tert-OH is 1. The molecule has 20 heavy (non-hydrogen) atoms. The zero-order valence-corrected chi connectivity index (χ0v) is 13.5. The van der Waals surface area contributed by atoms with Gasteiger partial charge in [-0.1, -0.05) is 31.9 Å². The third-order valence-electron chi connectivity index (χ3n) is 3.34. The molecule has 0 fully saturated rings. The molecule has 0 bridgehead atoms. The van der Waals surface area contributed by atoms with Crippen molar-refractivity contribution in [1.82, 2.24) is 0 Å². The van der Waals surface area contributed by atoms with Crippen LogP contribution in [0.5, 0.6) is 5.75 Å². The van der Waals surface area contributed by atoms with Crippen LogP contribution in [0.1, 0.15) is 29.8 Å². The zero-order chi connectivity index (χ0) is 14.3. The fraction of sp³-hybridized carbons (Fsp3) is 0.200. The average molecular weight is 402 g/mol. The van der Waals surface area contributed by atoms with Crippen molar-refractivity contribution in [3.05, 3.63) is 62.3 Å². The van der Waals surface area contributed by atoms with E-state index in [0.717, 1.165) is 14.5 Å². The summed E-state index contributed by atoms with van der Waals surface area (Å²) in [5, 5.41) is 10.2. The molecule has 1 heterocycles. The van der Waals surface area contributed by atoms with Gasteiger partial charge in [0, 0.05) is 26.5 Å². The Morgan fingerprint density at radius 3 is 2.45 bits per heavy atom. The van der Waals surface area contributed by atoms with E-state index >= 15 is 0 Å². The van der Waals surface area contributed by atoms with Crippen molar-refractivity contribution in [2.45, 2.75) is 18.6 Å². The summed E-state index contributed by atoms with van der Waals surface area (Å²) < 4.78 is 21.4. The molecule has 2 aromatic rings. The third kappa shape index (κ3) is 2.62. The van der Waals surface area contributed by atoms with Gasteiger partial charge in [0.2, 0.25) is 0 Å². The Morgan fingerprint density at radius 2 is 1.70 bits per heavy atom. The lowest BCUT2D eigenvalue weighted by Crippen LogP contribution is -2.20. The number of fused-ring (bicyclic) bond motifs is 1. The lowest BCUT2D eigenvalue weighted by molar-refractivity contribution is 0.0639. The van der Waals surface area contributed by atoms with Crippen LogP contribution < -0.4 is 4.74 Å². The van der Waals surface area contributed by atoms with Gasteiger partial charge in [0.1, 0.15) is 17.7 Å². The number of halogens is 3. The zero-order valence-electron chi connectivity index (χ0n) is 10.3. The van der Waals surface area contributed by atoms with Crippen LogP contribution in [-0.2, 0) is 0 Å². The second kappa shape index (κ2) is 5.47. The first-order chi connectivity index (χ1) is 9.54. The van der Waals surface area contributed by atoms with E-state index in [2.05, 4.69) is 31.9 Å². The van der Waals surface area contributed by atoms with Crippen LogP contribution in [0.4, 0.5) is 4.39 Å². The molecule has 0 saturated carbocycles. The van der Waals surface area contributed by atoms with E-state index in [1.165, 1.54) is 6.07 Å². The van der Waals surface area contributed by atoms with Crippen molar-refractivity contribution in [2.75, 3.05) is 0 Å². The summed E-state index contributed by atoms with van der Waals surface area (Å²) in [6.45, 7) is 0. The highest BCUT2D eigenvalue weighted by Gasteiger charge is 2.29. The molecular weight excluding hydrogens is 391 g/mol. The Bertz CT molecular complexity index is 660. The number of benzene rings is 2. The molecule has 2 aromatic carbocycles. The number of hydrogen-bond acceptors (Lipinski definition) is 2. The van der Waals surface area contributed by atoms with E-state index in [1.807, 2.05) is 12.1 Å². The Morgan fingerprint density at radius 1 is 1.05 bits per heavy atom. The Labute approximate surface area is 132 Å². The Balaban J connectivity index is 1.99. The minimum absolute atomic E-state index is 0.328. The Hall–Kier alpha value is -0.910. The molecule has 2 nitrogen and oxygen atoms in total. The number of hydrogen-bond donors (Lipinski definition) is 1. The summed E-state index contributed by atoms with van der Waals surface area (Å²) in [5.74, 6) is 0.266. The van der Waals surface area contributed by atoms with Crippen molar-refractivity contribution >= 4 is 31.9 Å². The van der Waals surface area contributed by atoms with E-state index in [9.17, 15) is 9.50 Å². The predicted octanol–water partition coefficient (Wildman–Crippen LogP) is 4.91. The quantitative estimate of drug-likeness (QED) is 0.735. The SMILES string of the molecule is O[C@H]1CC(c2cc(Br)ccc2F)Oc2ccc(Br)cc21. The van der Waals surface area contributed by atoms with E-state index in [-0.39, 0.29) is 5.82 Å². The highest BCUT2D eigenvalue weighted by atomic mass is 79.9. The highest BCUT2D eigenvalue weighted by molar-refractivity contribution is 9.10. The fourth-order valence-corrected chi connectivity index (χ4v) is 3.13. The van der Waals surface area contributed by atoms with Gasteiger partial charge in [-0.2, -0.15) is 0 Å². The molecular formula is C15H11Br2FO2. The number of aliphatic hydroxyl groups is 1. The van der Waals surface area contributed by atoms with Crippen LogP contribution >= 0.6 is 31.9 Å². The van der Waals surface area contributed by atoms with Crippen LogP contribution in [-0.4, -0.2) is 5.11 Å². The largest absolute Gasteiger partial charge is 0.485 e. The smallest absolute Gasteiger partial charge is 0.130 e. The molecule has 0 amide bonds. The van der Waals surface area contributed by atoms with E-state index in [1.54, 1.807) is 18.2 Å². The van der Waals surface area contributed by atoms with Gasteiger partial charge in [0.05, 0.1) is 6.10 Å². The maximum Gasteiger partial charge on any atom is 0.130 e. The lowest BCUT2D eigenvalue weighted by Gasteiger charge is -2.30. The standard InChI is InChI=1S/C15H11Br2FO2/c16-8-1-3-12(18)10(5-8)15-7-13(19)11-6-9(17)2-4-14(11)20-15/h1-6,13,15,19H,7H2/t13-,15?/m0/s1. The van der Waals surface area contributed by atoms with Crippen LogP contribution in [0.15, 0.2) is 45.3 Å². The summed E-state index contributed by atoms with van der Waals surface area (Å²) in [6, 6.07) is 10.2. The van der Waals surface area contributed by atoms with Gasteiger partial charge in [-0.05, 0) is 36.4 Å². The molecule has 0 saturated heterocycles. The van der Waals surface area contributed by atoms with Gasteiger partial charge < -0.3 is 9.84 Å². The average Bonchev–Trinajstić information content (AvgIpc) is 2.42.